The van der Waals surface area contributed by atoms with Crippen molar-refractivity contribution in [1.29, 1.82) is 0 Å². The van der Waals surface area contributed by atoms with Crippen molar-refractivity contribution in [3.05, 3.63) is 23.8 Å². The summed E-state index contributed by atoms with van der Waals surface area (Å²) in [6.07, 6.45) is 2.72. The molecule has 1 atom stereocenters. The highest BCUT2D eigenvalue weighted by atomic mass is 16.7. The van der Waals surface area contributed by atoms with Gasteiger partial charge in [0.15, 0.2) is 11.5 Å². The molecule has 24 heavy (non-hydrogen) atoms. The smallest absolute Gasteiger partial charge is 0.231 e. The maximum atomic E-state index is 12.4. The van der Waals surface area contributed by atoms with Gasteiger partial charge in [-0.05, 0) is 43.5 Å². The third kappa shape index (κ3) is 2.96. The van der Waals surface area contributed by atoms with E-state index in [0.717, 1.165) is 57.1 Å². The maximum absolute atomic E-state index is 12.4. The number of ether oxygens (including phenoxy) is 3. The number of carbonyl (C=O) groups is 1. The molecule has 4 rings (SSSR count). The first kappa shape index (κ1) is 15.7. The van der Waals surface area contributed by atoms with Crippen molar-refractivity contribution in [3.8, 4) is 11.5 Å². The van der Waals surface area contributed by atoms with Gasteiger partial charge < -0.3 is 24.8 Å². The van der Waals surface area contributed by atoms with E-state index in [2.05, 4.69) is 22.8 Å². The topological polar surface area (TPSA) is 68.8 Å². The molecule has 0 saturated carbocycles. The van der Waals surface area contributed by atoms with E-state index in [1.807, 2.05) is 6.07 Å². The zero-order chi connectivity index (χ0) is 16.4. The Balaban J connectivity index is 1.52. The van der Waals surface area contributed by atoms with Crippen molar-refractivity contribution in [2.75, 3.05) is 39.6 Å². The number of benzene rings is 1. The number of fused-ring (bicyclic) bond motifs is 1. The average molecular weight is 332 g/mol. The highest BCUT2D eigenvalue weighted by Gasteiger charge is 2.36. The van der Waals surface area contributed by atoms with Crippen LogP contribution in [-0.4, -0.2) is 45.5 Å². The van der Waals surface area contributed by atoms with Gasteiger partial charge in [-0.2, -0.15) is 0 Å². The lowest BCUT2D eigenvalue weighted by Crippen LogP contribution is -2.46. The summed E-state index contributed by atoms with van der Waals surface area (Å²) in [5.41, 5.74) is 1.10. The van der Waals surface area contributed by atoms with Crippen LogP contribution in [0.15, 0.2) is 18.2 Å². The van der Waals surface area contributed by atoms with Crippen LogP contribution in [0.2, 0.25) is 0 Å². The molecule has 6 nitrogen and oxygen atoms in total. The number of rotatable bonds is 4. The first-order chi connectivity index (χ1) is 11.8. The van der Waals surface area contributed by atoms with Crippen LogP contribution >= 0.6 is 0 Å². The summed E-state index contributed by atoms with van der Waals surface area (Å²) in [7, 11) is 0. The van der Waals surface area contributed by atoms with E-state index in [9.17, 15) is 4.79 Å². The first-order valence-corrected chi connectivity index (χ1v) is 8.73. The highest BCUT2D eigenvalue weighted by Crippen LogP contribution is 2.40. The molecule has 1 aromatic rings. The lowest BCUT2D eigenvalue weighted by molar-refractivity contribution is -0.124. The highest BCUT2D eigenvalue weighted by molar-refractivity contribution is 5.79. The molecule has 0 bridgehead atoms. The number of nitrogens with one attached hydrogen (secondary N) is 2. The van der Waals surface area contributed by atoms with Crippen molar-refractivity contribution < 1.29 is 19.0 Å². The molecule has 1 aromatic carbocycles. The molecule has 0 spiro atoms. The van der Waals surface area contributed by atoms with Gasteiger partial charge in [0.05, 0.1) is 5.92 Å². The predicted molar refractivity (Wildman–Crippen MR) is 88.3 cm³/mol. The summed E-state index contributed by atoms with van der Waals surface area (Å²) in [5.74, 6) is 1.84. The Bertz CT molecular complexity index is 607. The Morgan fingerprint density at radius 1 is 1.25 bits per heavy atom. The summed E-state index contributed by atoms with van der Waals surface area (Å²) in [6, 6.07) is 6.14. The van der Waals surface area contributed by atoms with Crippen LogP contribution in [-0.2, 0) is 14.9 Å². The van der Waals surface area contributed by atoms with Crippen LogP contribution in [0.5, 0.6) is 11.5 Å². The van der Waals surface area contributed by atoms with Gasteiger partial charge in [0.2, 0.25) is 12.7 Å². The van der Waals surface area contributed by atoms with E-state index in [1.54, 1.807) is 0 Å². The summed E-state index contributed by atoms with van der Waals surface area (Å²) in [5, 5.41) is 6.44. The quantitative estimate of drug-likeness (QED) is 0.867. The van der Waals surface area contributed by atoms with Gasteiger partial charge in [-0.25, -0.2) is 0 Å². The minimum atomic E-state index is -0.0963. The van der Waals surface area contributed by atoms with Gasteiger partial charge in [-0.1, -0.05) is 6.07 Å². The van der Waals surface area contributed by atoms with Gasteiger partial charge in [-0.15, -0.1) is 0 Å². The summed E-state index contributed by atoms with van der Waals surface area (Å²) < 4.78 is 16.5. The van der Waals surface area contributed by atoms with E-state index in [-0.39, 0.29) is 24.0 Å². The van der Waals surface area contributed by atoms with Gasteiger partial charge >= 0.3 is 0 Å². The molecule has 0 aliphatic carbocycles. The van der Waals surface area contributed by atoms with Gasteiger partial charge in [0, 0.05) is 31.7 Å². The molecule has 3 heterocycles. The Morgan fingerprint density at radius 3 is 2.88 bits per heavy atom. The Kier molecular flexibility index (Phi) is 4.33. The van der Waals surface area contributed by atoms with E-state index in [4.69, 9.17) is 14.2 Å². The van der Waals surface area contributed by atoms with E-state index >= 15 is 0 Å². The molecule has 1 unspecified atom stereocenters. The van der Waals surface area contributed by atoms with Crippen molar-refractivity contribution in [3.63, 3.8) is 0 Å². The molecule has 1 amide bonds. The predicted octanol–water partition coefficient (Wildman–Crippen LogP) is 1.19. The summed E-state index contributed by atoms with van der Waals surface area (Å²) in [6.45, 7) is 4.07. The van der Waals surface area contributed by atoms with Gasteiger partial charge in [-0.3, -0.25) is 4.79 Å². The van der Waals surface area contributed by atoms with Gasteiger partial charge in [0.1, 0.15) is 0 Å². The normalized spacial score (nSPS) is 24.8. The monoisotopic (exact) mass is 332 g/mol. The molecule has 2 saturated heterocycles. The molecular formula is C18H24N2O4. The van der Waals surface area contributed by atoms with E-state index in [0.29, 0.717) is 6.54 Å². The molecule has 130 valence electrons. The lowest BCUT2D eigenvalue weighted by atomic mass is 9.74. The van der Waals surface area contributed by atoms with E-state index in [1.165, 1.54) is 5.56 Å². The van der Waals surface area contributed by atoms with Crippen LogP contribution in [0.1, 0.15) is 24.8 Å². The molecule has 6 heteroatoms. The number of hydrogen-bond acceptors (Lipinski definition) is 5. The third-order valence-corrected chi connectivity index (χ3v) is 5.47. The fourth-order valence-electron chi connectivity index (χ4n) is 3.84. The third-order valence-electron chi connectivity index (χ3n) is 5.47. The number of hydrogen-bond donors (Lipinski definition) is 2. The first-order valence-electron chi connectivity index (χ1n) is 8.73. The minimum absolute atomic E-state index is 0.0960. The SMILES string of the molecule is O=C(NCC1(c2ccc3c(c2)OCO3)CCOCC1)C1CCNC1. The van der Waals surface area contributed by atoms with Crippen molar-refractivity contribution in [1.82, 2.24) is 10.6 Å². The van der Waals surface area contributed by atoms with Crippen molar-refractivity contribution >= 4 is 5.91 Å². The average Bonchev–Trinajstić information content (AvgIpc) is 3.31. The lowest BCUT2D eigenvalue weighted by Gasteiger charge is -2.38. The van der Waals surface area contributed by atoms with Crippen LogP contribution < -0.4 is 20.1 Å². The molecule has 0 aromatic heterocycles. The van der Waals surface area contributed by atoms with E-state index < -0.39 is 0 Å². The fourth-order valence-corrected chi connectivity index (χ4v) is 3.84. The second-order valence-corrected chi connectivity index (χ2v) is 6.87. The van der Waals surface area contributed by atoms with Crippen molar-refractivity contribution in [2.45, 2.75) is 24.7 Å². The van der Waals surface area contributed by atoms with Crippen LogP contribution in [0, 0.1) is 5.92 Å². The zero-order valence-corrected chi connectivity index (χ0v) is 13.8. The zero-order valence-electron chi connectivity index (χ0n) is 13.8. The summed E-state index contributed by atoms with van der Waals surface area (Å²) >= 11 is 0. The number of carbonyl (C=O) groups excluding carboxylic acids is 1. The summed E-state index contributed by atoms with van der Waals surface area (Å²) in [4.78, 5) is 12.4. The molecule has 2 N–H and O–H groups in total. The molecule has 3 aliphatic rings. The molecule has 2 fully saturated rings. The molecular weight excluding hydrogens is 308 g/mol. The Hall–Kier alpha value is -1.79. The number of amides is 1. The fraction of sp³-hybridized carbons (Fsp3) is 0.611. The second-order valence-electron chi connectivity index (χ2n) is 6.87. The van der Waals surface area contributed by atoms with Crippen LogP contribution in [0.25, 0.3) is 0 Å². The minimum Gasteiger partial charge on any atom is -0.454 e. The standard InChI is InChI=1S/C18H24N2O4/c21-17(13-3-6-19-10-13)20-11-18(4-7-22-8-5-18)14-1-2-15-16(9-14)24-12-23-15/h1-2,9,13,19H,3-8,10-12H2,(H,20,21). The van der Waals surface area contributed by atoms with Crippen LogP contribution in [0.4, 0.5) is 0 Å². The largest absolute Gasteiger partial charge is 0.454 e. The molecule has 0 radical (unpaired) electrons. The Morgan fingerprint density at radius 2 is 2.08 bits per heavy atom. The Labute approximate surface area is 141 Å². The van der Waals surface area contributed by atoms with Crippen LogP contribution in [0.3, 0.4) is 0 Å². The molecule has 3 aliphatic heterocycles. The van der Waals surface area contributed by atoms with Crippen molar-refractivity contribution in [2.24, 2.45) is 5.92 Å². The maximum Gasteiger partial charge on any atom is 0.231 e. The van der Waals surface area contributed by atoms with Gasteiger partial charge in [0.25, 0.3) is 0 Å². The second kappa shape index (κ2) is 6.61.